The maximum absolute atomic E-state index is 13.3. The van der Waals surface area contributed by atoms with Gasteiger partial charge in [-0.25, -0.2) is 4.98 Å². The standard InChI is InChI=1S/C24H18Cl2N2O2/c1-14-22(24(29)27-16-9-12-19(25)20(26)13-16)18-5-3-4-6-21(18)28-23(14)15-7-10-17(30-2)11-8-15/h3-13H,1-2H3,(H,27,29). The first-order valence-corrected chi connectivity index (χ1v) is 10.0. The second kappa shape index (κ2) is 8.34. The topological polar surface area (TPSA) is 51.2 Å². The summed E-state index contributed by atoms with van der Waals surface area (Å²) in [7, 11) is 1.62. The molecule has 0 radical (unpaired) electrons. The van der Waals surface area contributed by atoms with Crippen molar-refractivity contribution in [3.63, 3.8) is 0 Å². The minimum atomic E-state index is -0.237. The second-order valence-electron chi connectivity index (χ2n) is 6.79. The SMILES string of the molecule is COc1ccc(-c2nc3ccccc3c(C(=O)Nc3ccc(Cl)c(Cl)c3)c2C)cc1. The van der Waals surface area contributed by atoms with E-state index in [1.165, 1.54) is 0 Å². The fourth-order valence-corrected chi connectivity index (χ4v) is 3.70. The Kier molecular flexibility index (Phi) is 5.62. The number of benzene rings is 3. The number of anilines is 1. The number of carbonyl (C=O) groups excluding carboxylic acids is 1. The van der Waals surface area contributed by atoms with Gasteiger partial charge in [0, 0.05) is 16.6 Å². The van der Waals surface area contributed by atoms with E-state index in [1.807, 2.05) is 55.5 Å². The van der Waals surface area contributed by atoms with Crippen molar-refractivity contribution in [2.45, 2.75) is 6.92 Å². The van der Waals surface area contributed by atoms with Crippen molar-refractivity contribution in [1.29, 1.82) is 0 Å². The molecule has 0 unspecified atom stereocenters. The van der Waals surface area contributed by atoms with Crippen LogP contribution in [0.2, 0.25) is 10.0 Å². The number of carbonyl (C=O) groups is 1. The first-order valence-electron chi connectivity index (χ1n) is 9.28. The molecule has 0 bridgehead atoms. The Morgan fingerprint density at radius 1 is 0.967 bits per heavy atom. The molecule has 4 aromatic rings. The van der Waals surface area contributed by atoms with Gasteiger partial charge in [-0.1, -0.05) is 41.4 Å². The Morgan fingerprint density at radius 3 is 2.40 bits per heavy atom. The molecule has 0 aliphatic carbocycles. The van der Waals surface area contributed by atoms with Gasteiger partial charge in [0.15, 0.2) is 0 Å². The molecule has 0 saturated heterocycles. The highest BCUT2D eigenvalue weighted by Gasteiger charge is 2.19. The molecule has 1 heterocycles. The van der Waals surface area contributed by atoms with Crippen LogP contribution in [0, 0.1) is 6.92 Å². The van der Waals surface area contributed by atoms with E-state index in [4.69, 9.17) is 32.9 Å². The van der Waals surface area contributed by atoms with E-state index in [1.54, 1.807) is 25.3 Å². The zero-order chi connectivity index (χ0) is 21.3. The summed E-state index contributed by atoms with van der Waals surface area (Å²) < 4.78 is 5.25. The number of fused-ring (bicyclic) bond motifs is 1. The highest BCUT2D eigenvalue weighted by atomic mass is 35.5. The number of amides is 1. The number of ether oxygens (including phenoxy) is 1. The summed E-state index contributed by atoms with van der Waals surface area (Å²) in [6.45, 7) is 1.91. The van der Waals surface area contributed by atoms with Gasteiger partial charge in [-0.05, 0) is 61.0 Å². The molecule has 1 N–H and O–H groups in total. The van der Waals surface area contributed by atoms with E-state index in [9.17, 15) is 4.79 Å². The lowest BCUT2D eigenvalue weighted by Crippen LogP contribution is -2.15. The van der Waals surface area contributed by atoms with Crippen LogP contribution in [0.3, 0.4) is 0 Å². The van der Waals surface area contributed by atoms with Gasteiger partial charge in [-0.3, -0.25) is 4.79 Å². The van der Waals surface area contributed by atoms with E-state index in [2.05, 4.69) is 5.32 Å². The number of aromatic nitrogens is 1. The molecular weight excluding hydrogens is 419 g/mol. The minimum Gasteiger partial charge on any atom is -0.497 e. The molecule has 4 nitrogen and oxygen atoms in total. The third kappa shape index (κ3) is 3.84. The summed E-state index contributed by atoms with van der Waals surface area (Å²) in [5, 5.41) is 4.52. The van der Waals surface area contributed by atoms with Crippen molar-refractivity contribution in [1.82, 2.24) is 4.98 Å². The summed E-state index contributed by atoms with van der Waals surface area (Å²) >= 11 is 12.1. The van der Waals surface area contributed by atoms with Crippen LogP contribution in [0.1, 0.15) is 15.9 Å². The van der Waals surface area contributed by atoms with Crippen LogP contribution in [0.25, 0.3) is 22.2 Å². The lowest BCUT2D eigenvalue weighted by atomic mass is 9.97. The van der Waals surface area contributed by atoms with Gasteiger partial charge in [-0.15, -0.1) is 0 Å². The molecule has 0 atom stereocenters. The maximum atomic E-state index is 13.3. The number of nitrogens with zero attached hydrogens (tertiary/aromatic N) is 1. The predicted molar refractivity (Wildman–Crippen MR) is 123 cm³/mol. The maximum Gasteiger partial charge on any atom is 0.256 e. The zero-order valence-corrected chi connectivity index (χ0v) is 17.9. The number of pyridine rings is 1. The number of methoxy groups -OCH3 is 1. The van der Waals surface area contributed by atoms with E-state index in [0.29, 0.717) is 21.3 Å². The molecule has 0 saturated carbocycles. The Hall–Kier alpha value is -3.08. The van der Waals surface area contributed by atoms with Crippen LogP contribution >= 0.6 is 23.2 Å². The van der Waals surface area contributed by atoms with Crippen molar-refractivity contribution in [2.24, 2.45) is 0 Å². The quantitative estimate of drug-likeness (QED) is 0.383. The minimum absolute atomic E-state index is 0.237. The van der Waals surface area contributed by atoms with Crippen molar-refractivity contribution in [3.8, 4) is 17.0 Å². The molecule has 0 aliphatic heterocycles. The van der Waals surface area contributed by atoms with Crippen LogP contribution in [0.15, 0.2) is 66.7 Å². The fourth-order valence-electron chi connectivity index (χ4n) is 3.40. The van der Waals surface area contributed by atoms with E-state index < -0.39 is 0 Å². The highest BCUT2D eigenvalue weighted by Crippen LogP contribution is 2.32. The zero-order valence-electron chi connectivity index (χ0n) is 16.4. The molecule has 4 rings (SSSR count). The first kappa shape index (κ1) is 20.2. The third-order valence-corrected chi connectivity index (χ3v) is 5.64. The van der Waals surface area contributed by atoms with E-state index in [0.717, 1.165) is 33.5 Å². The van der Waals surface area contributed by atoms with Crippen LogP contribution in [-0.2, 0) is 0 Å². The number of nitrogens with one attached hydrogen (secondary N) is 1. The van der Waals surface area contributed by atoms with Gasteiger partial charge < -0.3 is 10.1 Å². The summed E-state index contributed by atoms with van der Waals surface area (Å²) in [4.78, 5) is 18.1. The lowest BCUT2D eigenvalue weighted by Gasteiger charge is -2.15. The number of rotatable bonds is 4. The number of para-hydroxylation sites is 1. The third-order valence-electron chi connectivity index (χ3n) is 4.90. The number of halogens is 2. The van der Waals surface area contributed by atoms with Crippen LogP contribution < -0.4 is 10.1 Å². The summed E-state index contributed by atoms with van der Waals surface area (Å²) in [6, 6.07) is 20.2. The number of hydrogen-bond donors (Lipinski definition) is 1. The van der Waals surface area contributed by atoms with Gasteiger partial charge >= 0.3 is 0 Å². The highest BCUT2D eigenvalue weighted by molar-refractivity contribution is 6.42. The van der Waals surface area contributed by atoms with Gasteiger partial charge in [0.25, 0.3) is 5.91 Å². The van der Waals surface area contributed by atoms with Crippen LogP contribution in [0.4, 0.5) is 5.69 Å². The van der Waals surface area contributed by atoms with Crippen LogP contribution in [0.5, 0.6) is 5.75 Å². The monoisotopic (exact) mass is 436 g/mol. The molecule has 1 aromatic heterocycles. The van der Waals surface area contributed by atoms with Crippen LogP contribution in [-0.4, -0.2) is 18.0 Å². The average molecular weight is 437 g/mol. The molecule has 3 aromatic carbocycles. The molecule has 1 amide bonds. The first-order chi connectivity index (χ1) is 14.5. The van der Waals surface area contributed by atoms with E-state index in [-0.39, 0.29) is 5.91 Å². The van der Waals surface area contributed by atoms with Gasteiger partial charge in [0.1, 0.15) is 5.75 Å². The van der Waals surface area contributed by atoms with Crippen molar-refractivity contribution in [3.05, 3.63) is 87.9 Å². The van der Waals surface area contributed by atoms with Gasteiger partial charge in [0.2, 0.25) is 0 Å². The van der Waals surface area contributed by atoms with Gasteiger partial charge in [0.05, 0.1) is 33.9 Å². The Morgan fingerprint density at radius 2 is 1.70 bits per heavy atom. The van der Waals surface area contributed by atoms with E-state index >= 15 is 0 Å². The summed E-state index contributed by atoms with van der Waals surface area (Å²) in [5.41, 5.74) is 4.32. The molecule has 150 valence electrons. The lowest BCUT2D eigenvalue weighted by molar-refractivity contribution is 0.102. The molecule has 0 aliphatic rings. The Bertz CT molecular complexity index is 1250. The van der Waals surface area contributed by atoms with Crippen molar-refractivity contribution >= 4 is 45.7 Å². The Labute approximate surface area is 184 Å². The largest absolute Gasteiger partial charge is 0.497 e. The second-order valence-corrected chi connectivity index (χ2v) is 7.60. The van der Waals surface area contributed by atoms with Crippen molar-refractivity contribution < 1.29 is 9.53 Å². The molecule has 0 spiro atoms. The predicted octanol–water partition coefficient (Wildman–Crippen LogP) is 6.78. The molecule has 30 heavy (non-hydrogen) atoms. The normalized spacial score (nSPS) is 10.8. The number of hydrogen-bond acceptors (Lipinski definition) is 3. The molecule has 6 heteroatoms. The average Bonchev–Trinajstić information content (AvgIpc) is 2.76. The Balaban J connectivity index is 1.83. The van der Waals surface area contributed by atoms with Crippen molar-refractivity contribution in [2.75, 3.05) is 12.4 Å². The molecular formula is C24H18Cl2N2O2. The van der Waals surface area contributed by atoms with Gasteiger partial charge in [-0.2, -0.15) is 0 Å². The smallest absolute Gasteiger partial charge is 0.256 e. The molecule has 0 fully saturated rings. The summed E-state index contributed by atoms with van der Waals surface area (Å²) in [6.07, 6.45) is 0. The summed E-state index contributed by atoms with van der Waals surface area (Å²) in [5.74, 6) is 0.522. The fraction of sp³-hybridized carbons (Fsp3) is 0.0833.